The quantitative estimate of drug-likeness (QED) is 0.438. The Morgan fingerprint density at radius 1 is 1.07 bits per heavy atom. The van der Waals surface area contributed by atoms with Crippen molar-refractivity contribution in [2.75, 3.05) is 13.2 Å². The number of carbonyl (C=O) groups excluding carboxylic acids is 1. The van der Waals surface area contributed by atoms with Crippen molar-refractivity contribution in [3.8, 4) is 0 Å². The zero-order chi connectivity index (χ0) is 22.1. The number of carboxylic acid groups (broad SMARTS) is 1. The average molecular weight is 498 g/mol. The van der Waals surface area contributed by atoms with Crippen LogP contribution in [0.1, 0.15) is 35.3 Å². The van der Waals surface area contributed by atoms with E-state index in [0.29, 0.717) is 11.1 Å². The van der Waals surface area contributed by atoms with Crippen LogP contribution in [0.15, 0.2) is 53.0 Å². The first-order chi connectivity index (χ1) is 14.3. The molecule has 0 heterocycles. The molecule has 0 unspecified atom stereocenters. The molecule has 30 heavy (non-hydrogen) atoms. The number of amides is 1. The molecule has 0 fully saturated rings. The van der Waals surface area contributed by atoms with E-state index >= 15 is 0 Å². The van der Waals surface area contributed by atoms with E-state index in [2.05, 4.69) is 21.2 Å². The second kappa shape index (κ2) is 11.4. The Bertz CT molecular complexity index is 908. The molecule has 0 aliphatic rings. The second-order valence-corrected chi connectivity index (χ2v) is 9.47. The summed E-state index contributed by atoms with van der Waals surface area (Å²) < 4.78 is 24.0. The van der Waals surface area contributed by atoms with Crippen LogP contribution in [-0.4, -0.2) is 36.2 Å². The van der Waals surface area contributed by atoms with Crippen molar-refractivity contribution >= 4 is 35.4 Å². The summed E-state index contributed by atoms with van der Waals surface area (Å²) in [6.07, 6.45) is 0.252. The van der Waals surface area contributed by atoms with E-state index in [9.17, 15) is 19.3 Å². The van der Waals surface area contributed by atoms with E-state index in [0.717, 1.165) is 10.0 Å². The molecule has 7 nitrogen and oxygen atoms in total. The maximum absolute atomic E-state index is 12.6. The van der Waals surface area contributed by atoms with Gasteiger partial charge < -0.3 is 19.5 Å². The molecule has 162 valence electrons. The van der Waals surface area contributed by atoms with Crippen LogP contribution in [0.2, 0.25) is 0 Å². The zero-order valence-corrected chi connectivity index (χ0v) is 19.3. The lowest BCUT2D eigenvalue weighted by Crippen LogP contribution is -2.42. The van der Waals surface area contributed by atoms with Gasteiger partial charge in [-0.05, 0) is 49.2 Å². The molecule has 2 aromatic rings. The molecule has 0 saturated carbocycles. The summed E-state index contributed by atoms with van der Waals surface area (Å²) in [5, 5.41) is 12.0. The van der Waals surface area contributed by atoms with Crippen LogP contribution in [-0.2, 0) is 31.0 Å². The highest BCUT2D eigenvalue weighted by molar-refractivity contribution is 9.10. The molecule has 1 amide bonds. The van der Waals surface area contributed by atoms with Gasteiger partial charge in [-0.25, -0.2) is 4.79 Å². The lowest BCUT2D eigenvalue weighted by Gasteiger charge is -2.17. The molecular formula is C21H25BrNO6P. The first-order valence-electron chi connectivity index (χ1n) is 9.51. The van der Waals surface area contributed by atoms with Crippen LogP contribution in [0.5, 0.6) is 0 Å². The minimum Gasteiger partial charge on any atom is -0.480 e. The van der Waals surface area contributed by atoms with Gasteiger partial charge in [-0.1, -0.05) is 40.2 Å². The summed E-state index contributed by atoms with van der Waals surface area (Å²) in [7, 11) is -3.24. The highest BCUT2D eigenvalue weighted by Gasteiger charge is 2.25. The summed E-state index contributed by atoms with van der Waals surface area (Å²) in [6.45, 7) is 4.02. The zero-order valence-electron chi connectivity index (χ0n) is 16.8. The minimum atomic E-state index is -3.24. The van der Waals surface area contributed by atoms with Gasteiger partial charge >= 0.3 is 13.6 Å². The second-order valence-electron chi connectivity index (χ2n) is 6.50. The SMILES string of the molecule is CCOP(=O)(Cc1ccc(C(=O)N[C@@H](Cc2cccc(Br)c2)C(=O)O)cc1)OCC. The van der Waals surface area contributed by atoms with Crippen LogP contribution in [0, 0.1) is 0 Å². The molecule has 0 aliphatic carbocycles. The third-order valence-electron chi connectivity index (χ3n) is 4.18. The smallest absolute Gasteiger partial charge is 0.335 e. The third-order valence-corrected chi connectivity index (χ3v) is 6.73. The fourth-order valence-electron chi connectivity index (χ4n) is 2.85. The molecule has 2 rings (SSSR count). The standard InChI is InChI=1S/C21H25BrNO6P/c1-3-28-30(27,29-4-2)14-15-8-10-17(11-9-15)20(24)23-19(21(25)26)13-16-6-5-7-18(22)12-16/h5-12,19H,3-4,13-14H2,1-2H3,(H,23,24)(H,25,26)/t19-/m0/s1. The Morgan fingerprint density at radius 2 is 1.70 bits per heavy atom. The maximum Gasteiger partial charge on any atom is 0.335 e. The number of carboxylic acids is 1. The fourth-order valence-corrected chi connectivity index (χ4v) is 5.00. The molecule has 0 radical (unpaired) electrons. The Balaban J connectivity index is 2.06. The Morgan fingerprint density at radius 3 is 2.23 bits per heavy atom. The fraction of sp³-hybridized carbons (Fsp3) is 0.333. The Hall–Kier alpha value is -1.99. The van der Waals surface area contributed by atoms with Gasteiger partial charge in [0.15, 0.2) is 0 Å². The first-order valence-corrected chi connectivity index (χ1v) is 12.0. The first kappa shape index (κ1) is 24.3. The number of halogens is 1. The number of carbonyl (C=O) groups is 2. The van der Waals surface area contributed by atoms with Gasteiger partial charge in [-0.2, -0.15) is 0 Å². The molecule has 0 saturated heterocycles. The highest BCUT2D eigenvalue weighted by Crippen LogP contribution is 2.51. The Labute approximate surface area is 184 Å². The summed E-state index contributed by atoms with van der Waals surface area (Å²) in [4.78, 5) is 24.1. The van der Waals surface area contributed by atoms with Gasteiger partial charge in [0.2, 0.25) is 0 Å². The molecule has 2 N–H and O–H groups in total. The molecule has 0 aliphatic heterocycles. The van der Waals surface area contributed by atoms with Crippen molar-refractivity contribution in [2.24, 2.45) is 0 Å². The predicted molar refractivity (Wildman–Crippen MR) is 118 cm³/mol. The number of rotatable bonds is 11. The molecule has 0 spiro atoms. The van der Waals surface area contributed by atoms with Gasteiger partial charge in [0.05, 0.1) is 19.4 Å². The van der Waals surface area contributed by atoms with E-state index in [1.165, 1.54) is 0 Å². The molecular weight excluding hydrogens is 473 g/mol. The molecule has 9 heteroatoms. The van der Waals surface area contributed by atoms with Crippen molar-refractivity contribution in [2.45, 2.75) is 32.5 Å². The van der Waals surface area contributed by atoms with Crippen LogP contribution in [0.3, 0.4) is 0 Å². The average Bonchev–Trinajstić information content (AvgIpc) is 2.68. The largest absolute Gasteiger partial charge is 0.480 e. The van der Waals surface area contributed by atoms with E-state index < -0.39 is 25.5 Å². The van der Waals surface area contributed by atoms with Gasteiger partial charge in [0.1, 0.15) is 6.04 Å². The van der Waals surface area contributed by atoms with Gasteiger partial charge in [0.25, 0.3) is 5.91 Å². The Kier molecular flexibility index (Phi) is 9.24. The van der Waals surface area contributed by atoms with E-state index in [4.69, 9.17) is 9.05 Å². The lowest BCUT2D eigenvalue weighted by atomic mass is 10.1. The normalized spacial score (nSPS) is 12.4. The lowest BCUT2D eigenvalue weighted by molar-refractivity contribution is -0.139. The number of hydrogen-bond acceptors (Lipinski definition) is 5. The summed E-state index contributed by atoms with van der Waals surface area (Å²) in [6, 6.07) is 12.6. The van der Waals surface area contributed by atoms with E-state index in [1.807, 2.05) is 18.2 Å². The van der Waals surface area contributed by atoms with Gasteiger partial charge in [-0.15, -0.1) is 0 Å². The van der Waals surface area contributed by atoms with Crippen molar-refractivity contribution in [1.82, 2.24) is 5.32 Å². The highest BCUT2D eigenvalue weighted by atomic mass is 79.9. The summed E-state index contributed by atoms with van der Waals surface area (Å²) in [5.41, 5.74) is 1.79. The molecule has 1 atom stereocenters. The van der Waals surface area contributed by atoms with Gasteiger partial charge in [0, 0.05) is 16.5 Å². The molecule has 2 aromatic carbocycles. The summed E-state index contributed by atoms with van der Waals surface area (Å²) >= 11 is 3.35. The number of aliphatic carboxylic acids is 1. The maximum atomic E-state index is 12.6. The topological polar surface area (TPSA) is 102 Å². The minimum absolute atomic E-state index is 0.0945. The molecule has 0 aromatic heterocycles. The summed E-state index contributed by atoms with van der Waals surface area (Å²) in [5.74, 6) is -1.61. The van der Waals surface area contributed by atoms with Crippen molar-refractivity contribution < 1.29 is 28.3 Å². The molecule has 0 bridgehead atoms. The predicted octanol–water partition coefficient (Wildman–Crippen LogP) is 4.64. The van der Waals surface area contributed by atoms with Crippen molar-refractivity contribution in [1.29, 1.82) is 0 Å². The number of benzene rings is 2. The van der Waals surface area contributed by atoms with E-state index in [1.54, 1.807) is 44.2 Å². The van der Waals surface area contributed by atoms with Crippen LogP contribution < -0.4 is 5.32 Å². The van der Waals surface area contributed by atoms with Crippen LogP contribution >= 0.6 is 23.5 Å². The number of nitrogens with one attached hydrogen (secondary N) is 1. The number of hydrogen-bond donors (Lipinski definition) is 2. The van der Waals surface area contributed by atoms with Crippen LogP contribution in [0.25, 0.3) is 0 Å². The van der Waals surface area contributed by atoms with Crippen molar-refractivity contribution in [3.63, 3.8) is 0 Å². The monoisotopic (exact) mass is 497 g/mol. The van der Waals surface area contributed by atoms with Gasteiger partial charge in [-0.3, -0.25) is 9.36 Å². The van der Waals surface area contributed by atoms with E-state index in [-0.39, 0.29) is 25.8 Å². The van der Waals surface area contributed by atoms with Crippen molar-refractivity contribution in [3.05, 3.63) is 69.7 Å². The van der Waals surface area contributed by atoms with Crippen LogP contribution in [0.4, 0.5) is 0 Å². The third kappa shape index (κ3) is 7.36.